The average Bonchev–Trinajstić information content (AvgIpc) is 2.80. The molecule has 0 radical (unpaired) electrons. The minimum Gasteiger partial charge on any atom is -0.497 e. The number of methoxy groups -OCH3 is 1. The SMILES string of the molecule is COc1ccc2c(CC(=O)NC(C)CO)coc2c1. The Morgan fingerprint density at radius 3 is 3.00 bits per heavy atom. The van der Waals surface area contributed by atoms with Crippen molar-refractivity contribution in [3.63, 3.8) is 0 Å². The normalized spacial score (nSPS) is 12.4. The zero-order valence-electron chi connectivity index (χ0n) is 11.0. The number of hydrogen-bond acceptors (Lipinski definition) is 4. The minimum atomic E-state index is -0.245. The lowest BCUT2D eigenvalue weighted by molar-refractivity contribution is -0.121. The van der Waals surface area contributed by atoms with Crippen LogP contribution in [0, 0.1) is 0 Å². The van der Waals surface area contributed by atoms with Crippen LogP contribution in [0.25, 0.3) is 11.0 Å². The number of carbonyl (C=O) groups is 1. The Kier molecular flexibility index (Phi) is 4.06. The Labute approximate surface area is 111 Å². The summed E-state index contributed by atoms with van der Waals surface area (Å²) < 4.78 is 10.5. The molecule has 1 aromatic carbocycles. The molecule has 1 heterocycles. The number of aliphatic hydroxyl groups excluding tert-OH is 1. The van der Waals surface area contributed by atoms with Crippen molar-refractivity contribution in [2.24, 2.45) is 0 Å². The molecule has 5 nitrogen and oxygen atoms in total. The van der Waals surface area contributed by atoms with Crippen molar-refractivity contribution in [2.75, 3.05) is 13.7 Å². The fraction of sp³-hybridized carbons (Fsp3) is 0.357. The third-order valence-electron chi connectivity index (χ3n) is 2.90. The van der Waals surface area contributed by atoms with Crippen LogP contribution in [0.1, 0.15) is 12.5 Å². The number of rotatable bonds is 5. The maximum Gasteiger partial charge on any atom is 0.224 e. The molecule has 0 aliphatic heterocycles. The van der Waals surface area contributed by atoms with Gasteiger partial charge in [-0.3, -0.25) is 4.79 Å². The van der Waals surface area contributed by atoms with Gasteiger partial charge in [-0.15, -0.1) is 0 Å². The van der Waals surface area contributed by atoms with Gasteiger partial charge in [0.05, 0.1) is 26.4 Å². The van der Waals surface area contributed by atoms with Crippen molar-refractivity contribution >= 4 is 16.9 Å². The molecule has 102 valence electrons. The molecule has 1 unspecified atom stereocenters. The molecule has 2 N–H and O–H groups in total. The second-order valence-electron chi connectivity index (χ2n) is 4.45. The molecule has 0 saturated heterocycles. The number of carbonyl (C=O) groups excluding carboxylic acids is 1. The molecule has 0 aliphatic carbocycles. The van der Waals surface area contributed by atoms with Crippen molar-refractivity contribution in [3.8, 4) is 5.75 Å². The van der Waals surface area contributed by atoms with Crippen LogP contribution < -0.4 is 10.1 Å². The fourth-order valence-electron chi connectivity index (χ4n) is 1.87. The van der Waals surface area contributed by atoms with Crippen LogP contribution in [-0.2, 0) is 11.2 Å². The second kappa shape index (κ2) is 5.75. The first-order chi connectivity index (χ1) is 9.13. The van der Waals surface area contributed by atoms with Gasteiger partial charge in [-0.2, -0.15) is 0 Å². The molecule has 0 saturated carbocycles. The van der Waals surface area contributed by atoms with E-state index in [4.69, 9.17) is 14.3 Å². The summed E-state index contributed by atoms with van der Waals surface area (Å²) in [5, 5.41) is 12.5. The van der Waals surface area contributed by atoms with Gasteiger partial charge >= 0.3 is 0 Å². The van der Waals surface area contributed by atoms with Crippen LogP contribution in [0.3, 0.4) is 0 Å². The maximum absolute atomic E-state index is 11.8. The van der Waals surface area contributed by atoms with Crippen LogP contribution in [-0.4, -0.2) is 30.8 Å². The Morgan fingerprint density at radius 1 is 1.53 bits per heavy atom. The van der Waals surface area contributed by atoms with Gasteiger partial charge in [-0.25, -0.2) is 0 Å². The van der Waals surface area contributed by atoms with Gasteiger partial charge in [0.15, 0.2) is 0 Å². The summed E-state index contributed by atoms with van der Waals surface area (Å²) in [6, 6.07) is 5.24. The molecule has 1 amide bonds. The first-order valence-corrected chi connectivity index (χ1v) is 6.08. The van der Waals surface area contributed by atoms with Gasteiger partial charge in [-0.1, -0.05) is 0 Å². The van der Waals surface area contributed by atoms with Crippen LogP contribution in [0.4, 0.5) is 0 Å². The number of benzene rings is 1. The van der Waals surface area contributed by atoms with Crippen LogP contribution >= 0.6 is 0 Å². The van der Waals surface area contributed by atoms with E-state index in [0.29, 0.717) is 11.3 Å². The standard InChI is InChI=1S/C14H17NO4/c1-9(7-16)15-14(17)5-10-8-19-13-6-11(18-2)3-4-12(10)13/h3-4,6,8-9,16H,5,7H2,1-2H3,(H,15,17). The molecule has 0 bridgehead atoms. The maximum atomic E-state index is 11.8. The van der Waals surface area contributed by atoms with Crippen molar-refractivity contribution in [2.45, 2.75) is 19.4 Å². The molecule has 19 heavy (non-hydrogen) atoms. The Bertz CT molecular complexity index is 576. The average molecular weight is 263 g/mol. The number of furan rings is 1. The van der Waals surface area contributed by atoms with E-state index in [9.17, 15) is 4.79 Å². The quantitative estimate of drug-likeness (QED) is 0.857. The smallest absolute Gasteiger partial charge is 0.224 e. The molecule has 2 aromatic rings. The van der Waals surface area contributed by atoms with Crippen molar-refractivity contribution < 1.29 is 19.1 Å². The van der Waals surface area contributed by atoms with Gasteiger partial charge in [0, 0.05) is 23.1 Å². The highest BCUT2D eigenvalue weighted by atomic mass is 16.5. The molecule has 5 heteroatoms. The van der Waals surface area contributed by atoms with Gasteiger partial charge in [0.25, 0.3) is 0 Å². The lowest BCUT2D eigenvalue weighted by atomic mass is 10.1. The molecular formula is C14H17NO4. The molecule has 1 atom stereocenters. The lowest BCUT2D eigenvalue weighted by Gasteiger charge is -2.09. The molecule has 0 spiro atoms. The summed E-state index contributed by atoms with van der Waals surface area (Å²) in [4.78, 5) is 11.8. The summed E-state index contributed by atoms with van der Waals surface area (Å²) in [7, 11) is 1.59. The van der Waals surface area contributed by atoms with E-state index in [0.717, 1.165) is 10.9 Å². The van der Waals surface area contributed by atoms with E-state index >= 15 is 0 Å². The number of aliphatic hydroxyl groups is 1. The predicted molar refractivity (Wildman–Crippen MR) is 71.2 cm³/mol. The molecule has 1 aromatic heterocycles. The largest absolute Gasteiger partial charge is 0.497 e. The monoisotopic (exact) mass is 263 g/mol. The Morgan fingerprint density at radius 2 is 2.32 bits per heavy atom. The lowest BCUT2D eigenvalue weighted by Crippen LogP contribution is -2.35. The molecule has 0 aliphatic rings. The van der Waals surface area contributed by atoms with E-state index in [-0.39, 0.29) is 25.0 Å². The zero-order valence-corrected chi connectivity index (χ0v) is 11.0. The van der Waals surface area contributed by atoms with E-state index in [1.54, 1.807) is 26.4 Å². The summed E-state index contributed by atoms with van der Waals surface area (Å²) in [5.74, 6) is 0.576. The number of hydrogen-bond donors (Lipinski definition) is 2. The van der Waals surface area contributed by atoms with Gasteiger partial charge in [-0.05, 0) is 19.1 Å². The van der Waals surface area contributed by atoms with Gasteiger partial charge in [0.2, 0.25) is 5.91 Å². The van der Waals surface area contributed by atoms with E-state index in [1.165, 1.54) is 0 Å². The van der Waals surface area contributed by atoms with Crippen LogP contribution in [0.15, 0.2) is 28.9 Å². The van der Waals surface area contributed by atoms with E-state index < -0.39 is 0 Å². The number of fused-ring (bicyclic) bond motifs is 1. The summed E-state index contributed by atoms with van der Waals surface area (Å²) in [5.41, 5.74) is 1.51. The highest BCUT2D eigenvalue weighted by Crippen LogP contribution is 2.25. The van der Waals surface area contributed by atoms with Crippen LogP contribution in [0.5, 0.6) is 5.75 Å². The topological polar surface area (TPSA) is 71.7 Å². The molecule has 0 fully saturated rings. The van der Waals surface area contributed by atoms with Crippen molar-refractivity contribution in [1.29, 1.82) is 0 Å². The summed E-state index contributed by atoms with van der Waals surface area (Å²) >= 11 is 0. The minimum absolute atomic E-state index is 0.0743. The Hall–Kier alpha value is -2.01. The first kappa shape index (κ1) is 13.4. The van der Waals surface area contributed by atoms with Crippen LogP contribution in [0.2, 0.25) is 0 Å². The van der Waals surface area contributed by atoms with Crippen molar-refractivity contribution in [3.05, 3.63) is 30.0 Å². The number of amides is 1. The van der Waals surface area contributed by atoms with E-state index in [1.807, 2.05) is 12.1 Å². The fourth-order valence-corrected chi connectivity index (χ4v) is 1.87. The summed E-state index contributed by atoms with van der Waals surface area (Å²) in [6.07, 6.45) is 1.80. The summed E-state index contributed by atoms with van der Waals surface area (Å²) in [6.45, 7) is 1.67. The zero-order chi connectivity index (χ0) is 13.8. The second-order valence-corrected chi connectivity index (χ2v) is 4.45. The third-order valence-corrected chi connectivity index (χ3v) is 2.90. The molecule has 2 rings (SSSR count). The highest BCUT2D eigenvalue weighted by Gasteiger charge is 2.12. The Balaban J connectivity index is 2.15. The number of nitrogens with one attached hydrogen (secondary N) is 1. The predicted octanol–water partition coefficient (Wildman–Crippen LogP) is 1.48. The van der Waals surface area contributed by atoms with Gasteiger partial charge < -0.3 is 19.6 Å². The third kappa shape index (κ3) is 3.06. The van der Waals surface area contributed by atoms with Crippen molar-refractivity contribution in [1.82, 2.24) is 5.32 Å². The highest BCUT2D eigenvalue weighted by molar-refractivity contribution is 5.88. The molecular weight excluding hydrogens is 246 g/mol. The number of ether oxygens (including phenoxy) is 1. The van der Waals surface area contributed by atoms with E-state index in [2.05, 4.69) is 5.32 Å². The van der Waals surface area contributed by atoms with Gasteiger partial charge in [0.1, 0.15) is 11.3 Å². The first-order valence-electron chi connectivity index (χ1n) is 6.08.